The monoisotopic (exact) mass is 436 g/mol. The number of hydrogen-bond acceptors (Lipinski definition) is 6. The lowest BCUT2D eigenvalue weighted by atomic mass is 9.92. The van der Waals surface area contributed by atoms with E-state index in [0.717, 1.165) is 41.9 Å². The van der Waals surface area contributed by atoms with Gasteiger partial charge in [0.2, 0.25) is 0 Å². The molecule has 4 heterocycles. The van der Waals surface area contributed by atoms with Crippen molar-refractivity contribution < 1.29 is 9.53 Å². The second kappa shape index (κ2) is 9.65. The van der Waals surface area contributed by atoms with Gasteiger partial charge in [-0.3, -0.25) is 9.78 Å². The summed E-state index contributed by atoms with van der Waals surface area (Å²) in [7, 11) is 3.74. The summed E-state index contributed by atoms with van der Waals surface area (Å²) in [6.45, 7) is 7.11. The van der Waals surface area contributed by atoms with Crippen molar-refractivity contribution in [1.82, 2.24) is 24.4 Å². The third-order valence-electron chi connectivity index (χ3n) is 6.20. The Balaban J connectivity index is 1.58. The molecule has 8 heteroatoms. The molecule has 8 nitrogen and oxygen atoms in total. The van der Waals surface area contributed by atoms with Gasteiger partial charge in [0, 0.05) is 57.6 Å². The number of pyridine rings is 2. The first-order valence-electron chi connectivity index (χ1n) is 11.3. The number of anilines is 1. The van der Waals surface area contributed by atoms with Gasteiger partial charge < -0.3 is 19.1 Å². The largest absolute Gasteiger partial charge is 0.383 e. The van der Waals surface area contributed by atoms with Crippen LogP contribution in [0.4, 0.5) is 5.82 Å². The van der Waals surface area contributed by atoms with Crippen LogP contribution in [0.2, 0.25) is 0 Å². The van der Waals surface area contributed by atoms with E-state index in [1.54, 1.807) is 19.4 Å². The number of methoxy groups -OCH3 is 1. The van der Waals surface area contributed by atoms with Gasteiger partial charge in [0.25, 0.3) is 5.91 Å². The number of carbonyl (C=O) groups excluding carboxylic acids is 1. The Hall–Kier alpha value is -3.00. The highest BCUT2D eigenvalue weighted by Crippen LogP contribution is 2.33. The van der Waals surface area contributed by atoms with Crippen molar-refractivity contribution in [3.63, 3.8) is 0 Å². The van der Waals surface area contributed by atoms with Crippen LogP contribution in [-0.2, 0) is 4.74 Å². The van der Waals surface area contributed by atoms with Crippen LogP contribution >= 0.6 is 0 Å². The maximum Gasteiger partial charge on any atom is 0.272 e. The van der Waals surface area contributed by atoms with Gasteiger partial charge in [0.15, 0.2) is 5.82 Å². The third kappa shape index (κ3) is 4.46. The molecule has 0 unspecified atom stereocenters. The van der Waals surface area contributed by atoms with Gasteiger partial charge in [-0.1, -0.05) is 6.07 Å². The second-order valence-electron chi connectivity index (χ2n) is 8.68. The second-order valence-corrected chi connectivity index (χ2v) is 8.68. The van der Waals surface area contributed by atoms with Gasteiger partial charge in [0.05, 0.1) is 18.5 Å². The molecule has 1 amide bonds. The van der Waals surface area contributed by atoms with Crippen LogP contribution in [0.3, 0.4) is 0 Å². The normalized spacial score (nSPS) is 15.0. The summed E-state index contributed by atoms with van der Waals surface area (Å²) in [5.41, 5.74) is 3.61. The number of imidazole rings is 1. The summed E-state index contributed by atoms with van der Waals surface area (Å²) in [6.07, 6.45) is 5.34. The first-order valence-corrected chi connectivity index (χ1v) is 11.3. The van der Waals surface area contributed by atoms with Crippen LogP contribution in [-0.4, -0.2) is 70.7 Å². The van der Waals surface area contributed by atoms with E-state index in [1.807, 2.05) is 30.4 Å². The van der Waals surface area contributed by atoms with Crippen LogP contribution in [0.5, 0.6) is 0 Å². The average Bonchev–Trinajstić information content (AvgIpc) is 3.26. The molecule has 32 heavy (non-hydrogen) atoms. The van der Waals surface area contributed by atoms with Crippen molar-refractivity contribution in [3.8, 4) is 0 Å². The minimum absolute atomic E-state index is 0.00494. The highest BCUT2D eigenvalue weighted by Gasteiger charge is 2.27. The standard InChI is InChI=1S/C24H32N6O2/c1-17(2)30-16-26-22-21(30)15-20(27-23(22)28(3)13-14-32-4)18-8-11-29(12-9-18)24(31)19-7-5-6-10-25-19/h5-7,10,15-18H,8-9,11-14H2,1-4H3. The Bertz CT molecular complexity index is 1060. The number of ether oxygens (including phenoxy) is 1. The molecule has 0 aliphatic carbocycles. The van der Waals surface area contributed by atoms with Gasteiger partial charge in [-0.05, 0) is 44.9 Å². The fraction of sp³-hybridized carbons (Fsp3) is 0.500. The first-order chi connectivity index (χ1) is 15.5. The molecule has 0 bridgehead atoms. The number of rotatable bonds is 7. The molecule has 0 aromatic carbocycles. The van der Waals surface area contributed by atoms with E-state index in [2.05, 4.69) is 39.3 Å². The number of piperidine rings is 1. The molecule has 4 rings (SSSR count). The number of fused-ring (bicyclic) bond motifs is 1. The minimum atomic E-state index is 0.00494. The summed E-state index contributed by atoms with van der Waals surface area (Å²) in [5.74, 6) is 1.20. The number of carbonyl (C=O) groups is 1. The van der Waals surface area contributed by atoms with Crippen molar-refractivity contribution in [3.05, 3.63) is 48.2 Å². The van der Waals surface area contributed by atoms with E-state index in [4.69, 9.17) is 9.72 Å². The number of amides is 1. The lowest BCUT2D eigenvalue weighted by Crippen LogP contribution is -2.38. The van der Waals surface area contributed by atoms with Gasteiger partial charge in [0.1, 0.15) is 11.2 Å². The smallest absolute Gasteiger partial charge is 0.272 e. The minimum Gasteiger partial charge on any atom is -0.383 e. The molecule has 1 saturated heterocycles. The summed E-state index contributed by atoms with van der Waals surface area (Å²) in [4.78, 5) is 30.7. The van der Waals surface area contributed by atoms with Gasteiger partial charge in [-0.25, -0.2) is 9.97 Å². The number of hydrogen-bond donors (Lipinski definition) is 0. The van der Waals surface area contributed by atoms with Gasteiger partial charge in [-0.15, -0.1) is 0 Å². The number of likely N-dealkylation sites (N-methyl/N-ethyl adjacent to an activating group) is 1. The van der Waals surface area contributed by atoms with Crippen LogP contribution < -0.4 is 4.90 Å². The molecule has 0 radical (unpaired) electrons. The molecule has 3 aromatic heterocycles. The maximum atomic E-state index is 12.8. The van der Waals surface area contributed by atoms with Crippen molar-refractivity contribution in [2.45, 2.75) is 38.6 Å². The third-order valence-corrected chi connectivity index (χ3v) is 6.20. The van der Waals surface area contributed by atoms with Crippen molar-refractivity contribution >= 4 is 22.8 Å². The molecule has 3 aromatic rings. The summed E-state index contributed by atoms with van der Waals surface area (Å²) in [5, 5.41) is 0. The van der Waals surface area contributed by atoms with E-state index in [-0.39, 0.29) is 5.91 Å². The van der Waals surface area contributed by atoms with Crippen molar-refractivity contribution in [2.24, 2.45) is 0 Å². The Kier molecular flexibility index (Phi) is 6.69. The SMILES string of the molecule is COCCN(C)c1nc(C2CCN(C(=O)c3ccccn3)CC2)cc2c1ncn2C(C)C. The highest BCUT2D eigenvalue weighted by molar-refractivity contribution is 5.92. The maximum absolute atomic E-state index is 12.8. The molecular weight excluding hydrogens is 404 g/mol. The molecule has 170 valence electrons. The molecule has 1 aliphatic rings. The van der Waals surface area contributed by atoms with Crippen LogP contribution in [0.25, 0.3) is 11.0 Å². The highest BCUT2D eigenvalue weighted by atomic mass is 16.5. The quantitative estimate of drug-likeness (QED) is 0.564. The Morgan fingerprint density at radius 3 is 2.69 bits per heavy atom. The van der Waals surface area contributed by atoms with Crippen molar-refractivity contribution in [2.75, 3.05) is 45.3 Å². The molecule has 0 saturated carbocycles. The summed E-state index contributed by atoms with van der Waals surface area (Å²) >= 11 is 0. The average molecular weight is 437 g/mol. The zero-order chi connectivity index (χ0) is 22.7. The van der Waals surface area contributed by atoms with E-state index < -0.39 is 0 Å². The zero-order valence-corrected chi connectivity index (χ0v) is 19.4. The number of nitrogens with zero attached hydrogens (tertiary/aromatic N) is 6. The lowest BCUT2D eigenvalue weighted by molar-refractivity contribution is 0.0706. The Morgan fingerprint density at radius 1 is 1.25 bits per heavy atom. The number of aromatic nitrogens is 4. The fourth-order valence-corrected chi connectivity index (χ4v) is 4.28. The molecular formula is C24H32N6O2. The molecule has 1 aliphatic heterocycles. The van der Waals surface area contributed by atoms with Crippen LogP contribution in [0.1, 0.15) is 54.8 Å². The number of likely N-dealkylation sites (tertiary alicyclic amines) is 1. The predicted molar refractivity (Wildman–Crippen MR) is 125 cm³/mol. The van der Waals surface area contributed by atoms with E-state index in [0.29, 0.717) is 37.4 Å². The predicted octanol–water partition coefficient (Wildman–Crippen LogP) is 3.51. The van der Waals surface area contributed by atoms with E-state index >= 15 is 0 Å². The molecule has 0 N–H and O–H groups in total. The zero-order valence-electron chi connectivity index (χ0n) is 19.4. The topological polar surface area (TPSA) is 76.4 Å². The van der Waals surface area contributed by atoms with Crippen LogP contribution in [0, 0.1) is 0 Å². The molecule has 0 spiro atoms. The van der Waals surface area contributed by atoms with Gasteiger partial charge in [-0.2, -0.15) is 0 Å². The Labute approximate surface area is 189 Å². The fourth-order valence-electron chi connectivity index (χ4n) is 4.28. The first kappa shape index (κ1) is 22.2. The summed E-state index contributed by atoms with van der Waals surface area (Å²) < 4.78 is 7.47. The molecule has 1 fully saturated rings. The van der Waals surface area contributed by atoms with E-state index in [1.165, 1.54) is 0 Å². The van der Waals surface area contributed by atoms with Crippen molar-refractivity contribution in [1.29, 1.82) is 0 Å². The summed E-state index contributed by atoms with van der Waals surface area (Å²) in [6, 6.07) is 7.96. The lowest BCUT2D eigenvalue weighted by Gasteiger charge is -2.32. The van der Waals surface area contributed by atoms with Gasteiger partial charge >= 0.3 is 0 Å². The van der Waals surface area contributed by atoms with Crippen LogP contribution in [0.15, 0.2) is 36.8 Å². The van der Waals surface area contributed by atoms with E-state index in [9.17, 15) is 4.79 Å². The molecule has 0 atom stereocenters. The Morgan fingerprint density at radius 2 is 2.03 bits per heavy atom.